The molecule has 0 spiro atoms. The third kappa shape index (κ3) is 7.81. The lowest BCUT2D eigenvalue weighted by Crippen LogP contribution is -2.13. The molecule has 0 aliphatic carbocycles. The smallest absolute Gasteiger partial charge is 0.224 e. The van der Waals surface area contributed by atoms with Gasteiger partial charge in [-0.2, -0.15) is 0 Å². The molecule has 0 aromatic heterocycles. The Bertz CT molecular complexity index is 702. The summed E-state index contributed by atoms with van der Waals surface area (Å²) in [4.78, 5) is 12.3. The van der Waals surface area contributed by atoms with E-state index in [0.29, 0.717) is 45.9 Å². The van der Waals surface area contributed by atoms with E-state index in [1.54, 1.807) is 0 Å². The second-order valence-electron chi connectivity index (χ2n) is 6.04. The van der Waals surface area contributed by atoms with E-state index in [-0.39, 0.29) is 5.91 Å². The molecule has 0 unspecified atom stereocenters. The average molecular weight is 371 g/mol. The van der Waals surface area contributed by atoms with E-state index in [1.165, 1.54) is 0 Å². The number of hydrogen-bond donors (Lipinski definition) is 1. The minimum absolute atomic E-state index is 0.0179. The maximum atomic E-state index is 12.3. The standard InChI is InChI=1S/C22H29NO4/c1-3-25-14-15-26-17-18-8-7-10-20(16-18)23-22(24)13-12-19-9-5-6-11-21(19)27-4-2/h5-11,16H,3-4,12-15,17H2,1-2H3,(H,23,24). The number of nitrogens with one attached hydrogen (secondary N) is 1. The second-order valence-corrected chi connectivity index (χ2v) is 6.04. The van der Waals surface area contributed by atoms with Crippen molar-refractivity contribution in [3.63, 3.8) is 0 Å². The van der Waals surface area contributed by atoms with Gasteiger partial charge >= 0.3 is 0 Å². The van der Waals surface area contributed by atoms with Crippen molar-refractivity contribution >= 4 is 11.6 Å². The summed E-state index contributed by atoms with van der Waals surface area (Å²) in [5.74, 6) is 0.828. The minimum atomic E-state index is -0.0179. The Morgan fingerprint density at radius 2 is 1.78 bits per heavy atom. The van der Waals surface area contributed by atoms with E-state index >= 15 is 0 Å². The Morgan fingerprint density at radius 1 is 0.963 bits per heavy atom. The molecule has 5 heteroatoms. The third-order valence-electron chi connectivity index (χ3n) is 3.95. The Morgan fingerprint density at radius 3 is 2.59 bits per heavy atom. The summed E-state index contributed by atoms with van der Waals surface area (Å²) in [6, 6.07) is 15.6. The molecule has 2 aromatic rings. The Kier molecular flexibility index (Phi) is 9.38. The van der Waals surface area contributed by atoms with Crippen LogP contribution in [0.4, 0.5) is 5.69 Å². The number of hydrogen-bond acceptors (Lipinski definition) is 4. The molecule has 0 heterocycles. The van der Waals surface area contributed by atoms with Crippen LogP contribution in [0, 0.1) is 0 Å². The molecule has 0 aliphatic rings. The van der Waals surface area contributed by atoms with Gasteiger partial charge in [0, 0.05) is 18.7 Å². The van der Waals surface area contributed by atoms with E-state index in [2.05, 4.69) is 5.32 Å². The van der Waals surface area contributed by atoms with Gasteiger partial charge in [-0.25, -0.2) is 0 Å². The van der Waals surface area contributed by atoms with Gasteiger partial charge in [-0.05, 0) is 49.6 Å². The molecular weight excluding hydrogens is 342 g/mol. The van der Waals surface area contributed by atoms with Crippen LogP contribution in [0.15, 0.2) is 48.5 Å². The summed E-state index contributed by atoms with van der Waals surface area (Å²) in [5.41, 5.74) is 2.85. The van der Waals surface area contributed by atoms with Crippen molar-refractivity contribution < 1.29 is 19.0 Å². The van der Waals surface area contributed by atoms with Crippen molar-refractivity contribution in [2.45, 2.75) is 33.3 Å². The van der Waals surface area contributed by atoms with Crippen molar-refractivity contribution in [1.82, 2.24) is 0 Å². The first-order valence-electron chi connectivity index (χ1n) is 9.48. The van der Waals surface area contributed by atoms with Gasteiger partial charge in [0.05, 0.1) is 26.4 Å². The number of para-hydroxylation sites is 1. The van der Waals surface area contributed by atoms with Crippen LogP contribution in [0.5, 0.6) is 5.75 Å². The molecule has 146 valence electrons. The first-order valence-corrected chi connectivity index (χ1v) is 9.48. The zero-order valence-electron chi connectivity index (χ0n) is 16.2. The summed E-state index contributed by atoms with van der Waals surface area (Å²) in [7, 11) is 0. The maximum absolute atomic E-state index is 12.3. The molecule has 0 fully saturated rings. The number of carbonyl (C=O) groups excluding carboxylic acids is 1. The van der Waals surface area contributed by atoms with Gasteiger partial charge in [0.2, 0.25) is 5.91 Å². The van der Waals surface area contributed by atoms with Crippen LogP contribution in [0.1, 0.15) is 31.4 Å². The van der Waals surface area contributed by atoms with E-state index < -0.39 is 0 Å². The first kappa shape index (κ1) is 20.9. The first-order chi connectivity index (χ1) is 13.2. The fraction of sp³-hybridized carbons (Fsp3) is 0.409. The fourth-order valence-corrected chi connectivity index (χ4v) is 2.67. The van der Waals surface area contributed by atoms with Gasteiger partial charge < -0.3 is 19.5 Å². The molecule has 0 saturated heterocycles. The Labute approximate surface area is 161 Å². The summed E-state index contributed by atoms with van der Waals surface area (Å²) in [5, 5.41) is 2.95. The quantitative estimate of drug-likeness (QED) is 0.568. The van der Waals surface area contributed by atoms with Crippen LogP contribution in [-0.2, 0) is 27.3 Å². The third-order valence-corrected chi connectivity index (χ3v) is 3.95. The van der Waals surface area contributed by atoms with Crippen LogP contribution in [0.3, 0.4) is 0 Å². The fourth-order valence-electron chi connectivity index (χ4n) is 2.67. The summed E-state index contributed by atoms with van der Waals surface area (Å²) < 4.78 is 16.4. The lowest BCUT2D eigenvalue weighted by molar-refractivity contribution is -0.116. The lowest BCUT2D eigenvalue weighted by Gasteiger charge is -2.11. The number of carbonyl (C=O) groups is 1. The topological polar surface area (TPSA) is 56.8 Å². The number of aryl methyl sites for hydroxylation is 1. The molecule has 2 aromatic carbocycles. The van der Waals surface area contributed by atoms with Crippen molar-refractivity contribution in [3.8, 4) is 5.75 Å². The number of rotatable bonds is 12. The predicted molar refractivity (Wildman–Crippen MR) is 107 cm³/mol. The van der Waals surface area contributed by atoms with Gasteiger partial charge in [-0.3, -0.25) is 4.79 Å². The maximum Gasteiger partial charge on any atom is 0.224 e. The lowest BCUT2D eigenvalue weighted by atomic mass is 10.1. The number of anilines is 1. The zero-order chi connectivity index (χ0) is 19.3. The van der Waals surface area contributed by atoms with Crippen molar-refractivity contribution in [2.24, 2.45) is 0 Å². The van der Waals surface area contributed by atoms with E-state index in [9.17, 15) is 4.79 Å². The van der Waals surface area contributed by atoms with E-state index in [4.69, 9.17) is 14.2 Å². The summed E-state index contributed by atoms with van der Waals surface area (Å²) in [6.07, 6.45) is 1.04. The molecule has 2 rings (SSSR count). The van der Waals surface area contributed by atoms with Gasteiger partial charge in [0.15, 0.2) is 0 Å². The van der Waals surface area contributed by atoms with Crippen molar-refractivity contribution in [1.29, 1.82) is 0 Å². The largest absolute Gasteiger partial charge is 0.494 e. The van der Waals surface area contributed by atoms with Crippen LogP contribution in [-0.4, -0.2) is 32.3 Å². The van der Waals surface area contributed by atoms with Crippen LogP contribution >= 0.6 is 0 Å². The zero-order valence-corrected chi connectivity index (χ0v) is 16.2. The Hall–Kier alpha value is -2.37. The van der Waals surface area contributed by atoms with Crippen molar-refractivity contribution in [2.75, 3.05) is 31.7 Å². The van der Waals surface area contributed by atoms with E-state index in [0.717, 1.165) is 22.6 Å². The normalized spacial score (nSPS) is 10.6. The van der Waals surface area contributed by atoms with Gasteiger partial charge in [-0.15, -0.1) is 0 Å². The van der Waals surface area contributed by atoms with Crippen molar-refractivity contribution in [3.05, 3.63) is 59.7 Å². The van der Waals surface area contributed by atoms with Crippen LogP contribution in [0.25, 0.3) is 0 Å². The molecule has 5 nitrogen and oxygen atoms in total. The summed E-state index contributed by atoms with van der Waals surface area (Å²) in [6.45, 7) is 6.87. The average Bonchev–Trinajstić information content (AvgIpc) is 2.68. The van der Waals surface area contributed by atoms with Gasteiger partial charge in [0.25, 0.3) is 0 Å². The van der Waals surface area contributed by atoms with Gasteiger partial charge in [-0.1, -0.05) is 30.3 Å². The highest BCUT2D eigenvalue weighted by atomic mass is 16.5. The molecule has 1 amide bonds. The molecule has 27 heavy (non-hydrogen) atoms. The highest BCUT2D eigenvalue weighted by molar-refractivity contribution is 5.90. The predicted octanol–water partition coefficient (Wildman–Crippen LogP) is 4.21. The number of amides is 1. The Balaban J connectivity index is 1.81. The van der Waals surface area contributed by atoms with Crippen LogP contribution in [0.2, 0.25) is 0 Å². The number of benzene rings is 2. The molecule has 0 saturated carbocycles. The van der Waals surface area contributed by atoms with Crippen LogP contribution < -0.4 is 10.1 Å². The van der Waals surface area contributed by atoms with E-state index in [1.807, 2.05) is 62.4 Å². The molecule has 0 radical (unpaired) electrons. The summed E-state index contributed by atoms with van der Waals surface area (Å²) >= 11 is 0. The molecule has 0 atom stereocenters. The highest BCUT2D eigenvalue weighted by Gasteiger charge is 2.07. The monoisotopic (exact) mass is 371 g/mol. The number of ether oxygens (including phenoxy) is 3. The van der Waals surface area contributed by atoms with Gasteiger partial charge in [0.1, 0.15) is 5.75 Å². The SMILES string of the molecule is CCOCCOCc1cccc(NC(=O)CCc2ccccc2OCC)c1. The molecule has 0 bridgehead atoms. The highest BCUT2D eigenvalue weighted by Crippen LogP contribution is 2.20. The molecule has 0 aliphatic heterocycles. The second kappa shape index (κ2) is 12.1. The molecular formula is C22H29NO4. The molecule has 1 N–H and O–H groups in total. The minimum Gasteiger partial charge on any atom is -0.494 e.